The number of aromatic hydroxyl groups is 1. The van der Waals surface area contributed by atoms with Crippen LogP contribution in [0.3, 0.4) is 0 Å². The largest absolute Gasteiger partial charge is 0.494 e. The summed E-state index contributed by atoms with van der Waals surface area (Å²) in [4.78, 5) is 32.1. The number of benzene rings is 2. The monoisotopic (exact) mass is 421 g/mol. The van der Waals surface area contributed by atoms with Gasteiger partial charge in [-0.1, -0.05) is 49.2 Å². The summed E-state index contributed by atoms with van der Waals surface area (Å²) in [6.07, 6.45) is 1.89. The molecule has 0 bridgehead atoms. The van der Waals surface area contributed by atoms with Crippen LogP contribution in [0.25, 0.3) is 11.3 Å². The minimum Gasteiger partial charge on any atom is -0.494 e. The van der Waals surface area contributed by atoms with E-state index in [1.165, 1.54) is 0 Å². The number of hydrogen-bond acceptors (Lipinski definition) is 3. The maximum absolute atomic E-state index is 12.7. The lowest BCUT2D eigenvalue weighted by Crippen LogP contribution is -2.24. The molecule has 0 radical (unpaired) electrons. The van der Waals surface area contributed by atoms with Gasteiger partial charge >= 0.3 is 0 Å². The third kappa shape index (κ3) is 3.62. The topological polar surface area (TPSA) is 94.5 Å². The van der Waals surface area contributed by atoms with E-state index in [0.29, 0.717) is 50.8 Å². The number of amides is 2. The Bertz CT molecular complexity index is 1180. The van der Waals surface area contributed by atoms with Crippen molar-refractivity contribution in [1.82, 2.24) is 10.3 Å². The average molecular weight is 422 g/mol. The lowest BCUT2D eigenvalue weighted by atomic mass is 9.99. The fraction of sp³-hybridized carbons (Fsp3) is 0.174. The molecule has 2 heterocycles. The molecule has 6 nitrogen and oxygen atoms in total. The lowest BCUT2D eigenvalue weighted by molar-refractivity contribution is 0.0952. The van der Waals surface area contributed by atoms with Gasteiger partial charge in [0.2, 0.25) is 0 Å². The van der Waals surface area contributed by atoms with Gasteiger partial charge < -0.3 is 15.4 Å². The van der Waals surface area contributed by atoms with Crippen molar-refractivity contribution in [2.24, 2.45) is 4.99 Å². The Labute approximate surface area is 178 Å². The number of carbonyl (C=O) groups is 2. The average Bonchev–Trinajstić information content (AvgIpc) is 3.27. The molecule has 4 rings (SSSR count). The first kappa shape index (κ1) is 19.9. The van der Waals surface area contributed by atoms with E-state index in [0.717, 1.165) is 12.8 Å². The van der Waals surface area contributed by atoms with Crippen LogP contribution in [-0.4, -0.2) is 34.2 Å². The molecule has 7 heteroatoms. The molecule has 1 aliphatic rings. The standard InChI is InChI=1S/C23H20ClN3O3/c1-2-3-10-25-21(28)15-8-4-6-13(11-15)19-17-18(23(30)26-19)20(27-22(17)29)14-7-5-9-16(24)12-14/h4-9,11-12,27,29H,2-3,10H2,1H3,(H,25,28). The fourth-order valence-electron chi connectivity index (χ4n) is 3.50. The summed E-state index contributed by atoms with van der Waals surface area (Å²) in [7, 11) is 0. The number of H-pyrrole nitrogens is 1. The Morgan fingerprint density at radius 2 is 1.90 bits per heavy atom. The first-order chi connectivity index (χ1) is 14.5. The Hall–Kier alpha value is -3.38. The molecule has 3 aromatic rings. The first-order valence-corrected chi connectivity index (χ1v) is 10.1. The van der Waals surface area contributed by atoms with Crippen LogP contribution in [0, 0.1) is 0 Å². The number of hydrogen-bond donors (Lipinski definition) is 3. The molecule has 30 heavy (non-hydrogen) atoms. The molecule has 0 unspecified atom stereocenters. The van der Waals surface area contributed by atoms with Crippen molar-refractivity contribution < 1.29 is 14.7 Å². The third-order valence-corrected chi connectivity index (χ3v) is 5.21. The minimum absolute atomic E-state index is 0.151. The second-order valence-electron chi connectivity index (χ2n) is 7.06. The molecule has 0 saturated carbocycles. The van der Waals surface area contributed by atoms with E-state index in [4.69, 9.17) is 11.6 Å². The molecular weight excluding hydrogens is 402 g/mol. The van der Waals surface area contributed by atoms with Crippen molar-refractivity contribution in [2.45, 2.75) is 19.8 Å². The van der Waals surface area contributed by atoms with Gasteiger partial charge in [0.25, 0.3) is 11.8 Å². The number of rotatable bonds is 6. The molecule has 0 spiro atoms. The molecule has 0 saturated heterocycles. The number of aromatic nitrogens is 1. The highest BCUT2D eigenvalue weighted by Crippen LogP contribution is 2.38. The summed E-state index contributed by atoms with van der Waals surface area (Å²) >= 11 is 6.08. The predicted molar refractivity (Wildman–Crippen MR) is 117 cm³/mol. The molecule has 2 aromatic carbocycles. The van der Waals surface area contributed by atoms with Crippen LogP contribution >= 0.6 is 11.6 Å². The second kappa shape index (κ2) is 8.16. The Morgan fingerprint density at radius 1 is 1.13 bits per heavy atom. The van der Waals surface area contributed by atoms with Gasteiger partial charge in [-0.2, -0.15) is 0 Å². The van der Waals surface area contributed by atoms with Gasteiger partial charge in [0.1, 0.15) is 0 Å². The minimum atomic E-state index is -0.454. The van der Waals surface area contributed by atoms with E-state index in [9.17, 15) is 14.7 Å². The van der Waals surface area contributed by atoms with Crippen molar-refractivity contribution in [1.29, 1.82) is 0 Å². The molecule has 0 fully saturated rings. The Kier molecular flexibility index (Phi) is 5.42. The van der Waals surface area contributed by atoms with Crippen LogP contribution in [0.4, 0.5) is 0 Å². The number of nitrogens with zero attached hydrogens (tertiary/aromatic N) is 1. The SMILES string of the molecule is CCCCNC(=O)c1cccc(C2=NC(=O)c3c(-c4cccc(Cl)c4)[nH]c(O)c32)c1. The maximum atomic E-state index is 12.7. The van der Waals surface area contributed by atoms with Crippen LogP contribution < -0.4 is 5.32 Å². The highest BCUT2D eigenvalue weighted by molar-refractivity contribution is 6.32. The van der Waals surface area contributed by atoms with E-state index in [2.05, 4.69) is 22.2 Å². The summed E-state index contributed by atoms with van der Waals surface area (Å²) in [6, 6.07) is 13.9. The quantitative estimate of drug-likeness (QED) is 0.509. The van der Waals surface area contributed by atoms with E-state index < -0.39 is 5.91 Å². The van der Waals surface area contributed by atoms with Crippen molar-refractivity contribution in [3.05, 3.63) is 75.8 Å². The zero-order valence-electron chi connectivity index (χ0n) is 16.3. The van der Waals surface area contributed by atoms with Gasteiger partial charge in [-0.25, -0.2) is 4.99 Å². The van der Waals surface area contributed by atoms with Crippen LogP contribution in [-0.2, 0) is 0 Å². The third-order valence-electron chi connectivity index (χ3n) is 4.97. The van der Waals surface area contributed by atoms with E-state index in [1.807, 2.05) is 0 Å². The van der Waals surface area contributed by atoms with E-state index in [-0.39, 0.29) is 11.8 Å². The van der Waals surface area contributed by atoms with Gasteiger partial charge in [0.15, 0.2) is 5.88 Å². The normalized spacial score (nSPS) is 12.6. The molecule has 0 aliphatic carbocycles. The van der Waals surface area contributed by atoms with Gasteiger partial charge in [-0.15, -0.1) is 0 Å². The molecule has 1 aliphatic heterocycles. The number of halogens is 1. The first-order valence-electron chi connectivity index (χ1n) is 9.72. The van der Waals surface area contributed by atoms with Crippen molar-refractivity contribution in [3.8, 4) is 17.1 Å². The van der Waals surface area contributed by atoms with Crippen LogP contribution in [0.5, 0.6) is 5.88 Å². The van der Waals surface area contributed by atoms with Crippen LogP contribution in [0.2, 0.25) is 5.02 Å². The van der Waals surface area contributed by atoms with E-state index in [1.54, 1.807) is 48.5 Å². The number of aromatic amines is 1. The molecule has 0 atom stereocenters. The predicted octanol–water partition coefficient (Wildman–Crippen LogP) is 4.56. The summed E-state index contributed by atoms with van der Waals surface area (Å²) in [6.45, 7) is 2.66. The zero-order chi connectivity index (χ0) is 21.3. The molecule has 152 valence electrons. The van der Waals surface area contributed by atoms with Crippen molar-refractivity contribution in [3.63, 3.8) is 0 Å². The summed E-state index contributed by atoms with van der Waals surface area (Å²) in [5, 5.41) is 13.9. The van der Waals surface area contributed by atoms with Gasteiger partial charge in [0.05, 0.1) is 22.5 Å². The van der Waals surface area contributed by atoms with Crippen molar-refractivity contribution in [2.75, 3.05) is 6.54 Å². The number of unbranched alkanes of at least 4 members (excludes halogenated alkanes) is 1. The molecule has 2 amide bonds. The van der Waals surface area contributed by atoms with Crippen LogP contribution in [0.1, 0.15) is 51.6 Å². The maximum Gasteiger partial charge on any atom is 0.280 e. The van der Waals surface area contributed by atoms with Crippen LogP contribution in [0.15, 0.2) is 53.5 Å². The highest BCUT2D eigenvalue weighted by atomic mass is 35.5. The fourth-order valence-corrected chi connectivity index (χ4v) is 3.69. The zero-order valence-corrected chi connectivity index (χ0v) is 17.1. The molecular formula is C23H20ClN3O3. The van der Waals surface area contributed by atoms with Crippen molar-refractivity contribution >= 4 is 29.1 Å². The summed E-state index contributed by atoms with van der Waals surface area (Å²) in [5.74, 6) is -0.792. The number of aliphatic imine (C=N–C) groups is 1. The summed E-state index contributed by atoms with van der Waals surface area (Å²) in [5.41, 5.74) is 3.14. The van der Waals surface area contributed by atoms with E-state index >= 15 is 0 Å². The van der Waals surface area contributed by atoms with Gasteiger partial charge in [0, 0.05) is 28.3 Å². The van der Waals surface area contributed by atoms with Gasteiger partial charge in [-0.05, 0) is 30.7 Å². The van der Waals surface area contributed by atoms with Gasteiger partial charge in [-0.3, -0.25) is 9.59 Å². The highest BCUT2D eigenvalue weighted by Gasteiger charge is 2.33. The number of fused-ring (bicyclic) bond motifs is 1. The molecule has 1 aromatic heterocycles. The molecule has 3 N–H and O–H groups in total. The Balaban J connectivity index is 1.71. The smallest absolute Gasteiger partial charge is 0.280 e. The Morgan fingerprint density at radius 3 is 2.67 bits per heavy atom. The summed E-state index contributed by atoms with van der Waals surface area (Å²) < 4.78 is 0. The second-order valence-corrected chi connectivity index (χ2v) is 7.50. The lowest BCUT2D eigenvalue weighted by Gasteiger charge is -2.07. The number of nitrogens with one attached hydrogen (secondary N) is 2. The number of carbonyl (C=O) groups excluding carboxylic acids is 2.